The Morgan fingerprint density at radius 3 is 2.45 bits per heavy atom. The fourth-order valence-corrected chi connectivity index (χ4v) is 4.32. The Hall–Kier alpha value is -1.22. The molecular weight excluding hydrogens is 324 g/mol. The van der Waals surface area contributed by atoms with E-state index >= 15 is 0 Å². The van der Waals surface area contributed by atoms with Gasteiger partial charge in [-0.25, -0.2) is 13.2 Å². The molecule has 0 saturated heterocycles. The zero-order valence-electron chi connectivity index (χ0n) is 13.3. The van der Waals surface area contributed by atoms with Crippen molar-refractivity contribution in [2.45, 2.75) is 49.8 Å². The number of carbonyl (C=O) groups excluding carboxylic acids is 1. The van der Waals surface area contributed by atoms with E-state index in [2.05, 4.69) is 22.4 Å². The van der Waals surface area contributed by atoms with E-state index in [9.17, 15) is 13.2 Å². The number of anilines is 1. The van der Waals surface area contributed by atoms with Gasteiger partial charge in [-0.05, 0) is 6.42 Å². The SMILES string of the molecule is CCCCCCCCS(=O)(=O)c1nnc(N(C)C(=O)NC)s1. The number of hydrogen-bond acceptors (Lipinski definition) is 6. The highest BCUT2D eigenvalue weighted by Crippen LogP contribution is 2.24. The van der Waals surface area contributed by atoms with Gasteiger partial charge in [-0.1, -0.05) is 50.4 Å². The van der Waals surface area contributed by atoms with E-state index < -0.39 is 9.84 Å². The van der Waals surface area contributed by atoms with Gasteiger partial charge < -0.3 is 5.32 Å². The maximum absolute atomic E-state index is 12.2. The van der Waals surface area contributed by atoms with Gasteiger partial charge in [0.05, 0.1) is 5.75 Å². The molecule has 0 spiro atoms. The molecular formula is C13H24N4O3S2. The monoisotopic (exact) mass is 348 g/mol. The average molecular weight is 348 g/mol. The normalized spacial score (nSPS) is 11.4. The van der Waals surface area contributed by atoms with E-state index in [0.29, 0.717) is 6.42 Å². The van der Waals surface area contributed by atoms with Crippen molar-refractivity contribution < 1.29 is 13.2 Å². The zero-order chi connectivity index (χ0) is 16.6. The number of urea groups is 1. The molecule has 9 heteroatoms. The molecule has 0 bridgehead atoms. The fraction of sp³-hybridized carbons (Fsp3) is 0.769. The third-order valence-corrected chi connectivity index (χ3v) is 6.48. The van der Waals surface area contributed by atoms with Crippen LogP contribution in [0, 0.1) is 0 Å². The highest BCUT2D eigenvalue weighted by molar-refractivity contribution is 7.93. The van der Waals surface area contributed by atoms with Crippen molar-refractivity contribution in [3.63, 3.8) is 0 Å². The van der Waals surface area contributed by atoms with Gasteiger partial charge in [-0.3, -0.25) is 4.90 Å². The lowest BCUT2D eigenvalue weighted by molar-refractivity contribution is 0.249. The van der Waals surface area contributed by atoms with Crippen molar-refractivity contribution >= 4 is 32.3 Å². The summed E-state index contributed by atoms with van der Waals surface area (Å²) < 4.78 is 24.3. The van der Waals surface area contributed by atoms with Crippen LogP contribution in [0.3, 0.4) is 0 Å². The van der Waals surface area contributed by atoms with Crippen LogP contribution in [-0.4, -0.2) is 44.5 Å². The van der Waals surface area contributed by atoms with Crippen LogP contribution >= 0.6 is 11.3 Å². The number of amides is 2. The van der Waals surface area contributed by atoms with Gasteiger partial charge in [0.15, 0.2) is 0 Å². The van der Waals surface area contributed by atoms with Crippen molar-refractivity contribution in [1.82, 2.24) is 15.5 Å². The molecule has 1 rings (SSSR count). The molecule has 0 fully saturated rings. The van der Waals surface area contributed by atoms with Crippen LogP contribution in [0.25, 0.3) is 0 Å². The number of rotatable bonds is 9. The number of nitrogens with one attached hydrogen (secondary N) is 1. The van der Waals surface area contributed by atoms with Crippen LogP contribution in [0.5, 0.6) is 0 Å². The van der Waals surface area contributed by atoms with Crippen LogP contribution in [0.15, 0.2) is 4.34 Å². The van der Waals surface area contributed by atoms with Crippen LogP contribution in [0.1, 0.15) is 45.4 Å². The Bertz CT molecular complexity index is 572. The van der Waals surface area contributed by atoms with Gasteiger partial charge in [0.1, 0.15) is 0 Å². The lowest BCUT2D eigenvalue weighted by Crippen LogP contribution is -2.34. The van der Waals surface area contributed by atoms with E-state index in [0.717, 1.165) is 30.6 Å². The first-order valence-corrected chi connectivity index (χ1v) is 9.91. The summed E-state index contributed by atoms with van der Waals surface area (Å²) in [6, 6.07) is -0.365. The lowest BCUT2D eigenvalue weighted by atomic mass is 10.1. The van der Waals surface area contributed by atoms with Gasteiger partial charge in [0, 0.05) is 14.1 Å². The summed E-state index contributed by atoms with van der Waals surface area (Å²) in [5, 5.41) is 10.2. The predicted octanol–water partition coefficient (Wildman–Crippen LogP) is 2.45. The average Bonchev–Trinajstić information content (AvgIpc) is 3.00. The minimum atomic E-state index is -3.41. The summed E-state index contributed by atoms with van der Waals surface area (Å²) in [6.07, 6.45) is 6.11. The first-order chi connectivity index (χ1) is 10.4. The molecule has 126 valence electrons. The van der Waals surface area contributed by atoms with E-state index in [1.807, 2.05) is 0 Å². The fourth-order valence-electron chi connectivity index (χ4n) is 1.88. The first-order valence-electron chi connectivity index (χ1n) is 7.44. The molecule has 0 aliphatic heterocycles. The molecule has 1 N–H and O–H groups in total. The molecule has 0 aliphatic rings. The Balaban J connectivity index is 2.55. The number of carbonyl (C=O) groups is 1. The minimum absolute atomic E-state index is 0.0215. The molecule has 2 amide bonds. The third kappa shape index (κ3) is 5.53. The van der Waals surface area contributed by atoms with Gasteiger partial charge in [-0.15, -0.1) is 10.2 Å². The van der Waals surface area contributed by atoms with Crippen molar-refractivity contribution in [2.24, 2.45) is 0 Å². The van der Waals surface area contributed by atoms with Gasteiger partial charge in [0.2, 0.25) is 19.3 Å². The zero-order valence-corrected chi connectivity index (χ0v) is 15.0. The van der Waals surface area contributed by atoms with Gasteiger partial charge in [-0.2, -0.15) is 0 Å². The molecule has 0 aliphatic carbocycles. The van der Waals surface area contributed by atoms with Gasteiger partial charge >= 0.3 is 6.03 Å². The molecule has 1 heterocycles. The number of nitrogens with zero attached hydrogens (tertiary/aromatic N) is 3. The number of sulfone groups is 1. The van der Waals surface area contributed by atoms with E-state index in [4.69, 9.17) is 0 Å². The summed E-state index contributed by atoms with van der Waals surface area (Å²) in [5.41, 5.74) is 0. The highest BCUT2D eigenvalue weighted by Gasteiger charge is 2.22. The topological polar surface area (TPSA) is 92.3 Å². The first kappa shape index (κ1) is 18.8. The quantitative estimate of drug-likeness (QED) is 0.546. The smallest absolute Gasteiger partial charge is 0.323 e. The van der Waals surface area contributed by atoms with E-state index in [1.165, 1.54) is 31.8 Å². The Kier molecular flexibility index (Phi) is 7.74. The molecule has 1 aromatic rings. The summed E-state index contributed by atoms with van der Waals surface area (Å²) in [5.74, 6) is 0.0808. The van der Waals surface area contributed by atoms with Crippen LogP contribution < -0.4 is 10.2 Å². The molecule has 0 saturated carbocycles. The van der Waals surface area contributed by atoms with Crippen molar-refractivity contribution in [1.29, 1.82) is 0 Å². The number of hydrogen-bond donors (Lipinski definition) is 1. The Morgan fingerprint density at radius 1 is 1.18 bits per heavy atom. The Morgan fingerprint density at radius 2 is 1.82 bits per heavy atom. The summed E-state index contributed by atoms with van der Waals surface area (Å²) in [6.45, 7) is 2.15. The van der Waals surface area contributed by atoms with Crippen LogP contribution in [0.4, 0.5) is 9.93 Å². The maximum Gasteiger partial charge on any atom is 0.323 e. The second-order valence-corrected chi connectivity index (χ2v) is 8.29. The van der Waals surface area contributed by atoms with Crippen LogP contribution in [0.2, 0.25) is 0 Å². The van der Waals surface area contributed by atoms with E-state index in [1.54, 1.807) is 0 Å². The molecule has 0 radical (unpaired) electrons. The van der Waals surface area contributed by atoms with E-state index in [-0.39, 0.29) is 21.3 Å². The molecule has 0 aromatic carbocycles. The largest absolute Gasteiger partial charge is 0.341 e. The standard InChI is InChI=1S/C13H24N4O3S2/c1-4-5-6-7-8-9-10-22(19,20)13-16-15-12(21-13)17(3)11(18)14-2/h4-10H2,1-3H3,(H,14,18). The second kappa shape index (κ2) is 9.04. The second-order valence-electron chi connectivity index (χ2n) is 5.05. The number of unbranched alkanes of at least 4 members (excludes halogenated alkanes) is 5. The van der Waals surface area contributed by atoms with Gasteiger partial charge in [0.25, 0.3) is 0 Å². The van der Waals surface area contributed by atoms with Crippen molar-refractivity contribution in [3.05, 3.63) is 0 Å². The third-order valence-electron chi connectivity index (χ3n) is 3.23. The lowest BCUT2D eigenvalue weighted by Gasteiger charge is -2.11. The molecule has 0 atom stereocenters. The molecule has 0 unspecified atom stereocenters. The predicted molar refractivity (Wildman–Crippen MR) is 88.2 cm³/mol. The molecule has 1 aromatic heterocycles. The van der Waals surface area contributed by atoms with Crippen molar-refractivity contribution in [2.75, 3.05) is 24.7 Å². The summed E-state index contributed by atoms with van der Waals surface area (Å²) in [7, 11) is -0.398. The van der Waals surface area contributed by atoms with Crippen LogP contribution in [-0.2, 0) is 9.84 Å². The highest BCUT2D eigenvalue weighted by atomic mass is 32.2. The molecule has 22 heavy (non-hydrogen) atoms. The van der Waals surface area contributed by atoms with Crippen molar-refractivity contribution in [3.8, 4) is 0 Å². The number of aromatic nitrogens is 2. The molecule has 7 nitrogen and oxygen atoms in total. The maximum atomic E-state index is 12.2. The summed E-state index contributed by atoms with van der Waals surface area (Å²) >= 11 is 0.918. The summed E-state index contributed by atoms with van der Waals surface area (Å²) in [4.78, 5) is 12.7. The Labute approximate surface area is 136 Å². The minimum Gasteiger partial charge on any atom is -0.341 e.